The average molecular weight is 236 g/mol. The van der Waals surface area contributed by atoms with Gasteiger partial charge in [-0.1, -0.05) is 0 Å². The summed E-state index contributed by atoms with van der Waals surface area (Å²) in [4.78, 5) is 11.1. The van der Waals surface area contributed by atoms with E-state index < -0.39 is 16.2 Å². The highest BCUT2D eigenvalue weighted by atomic mass is 32.2. The van der Waals surface area contributed by atoms with Gasteiger partial charge in [0.2, 0.25) is 0 Å². The number of ether oxygens (including phenoxy) is 1. The normalized spacial score (nSPS) is 26.1. The van der Waals surface area contributed by atoms with Crippen LogP contribution in [0.5, 0.6) is 0 Å². The number of hydrogen-bond acceptors (Lipinski definition) is 4. The van der Waals surface area contributed by atoms with Crippen molar-refractivity contribution in [3.05, 3.63) is 0 Å². The first-order valence-electron chi connectivity index (χ1n) is 4.88. The highest BCUT2D eigenvalue weighted by Crippen LogP contribution is 2.10. The number of carbonyl (C=O) groups excluding carboxylic acids is 1. The molecule has 0 aromatic heterocycles. The predicted octanol–water partition coefficient (Wildman–Crippen LogP) is -0.522. The van der Waals surface area contributed by atoms with E-state index >= 15 is 0 Å². The van der Waals surface area contributed by atoms with Gasteiger partial charge in [-0.25, -0.2) is 0 Å². The van der Waals surface area contributed by atoms with Gasteiger partial charge in [-0.2, -0.15) is 17.4 Å². The summed E-state index contributed by atoms with van der Waals surface area (Å²) >= 11 is 0. The molecule has 0 spiro atoms. The van der Waals surface area contributed by atoms with Crippen LogP contribution < -0.4 is 4.72 Å². The van der Waals surface area contributed by atoms with Gasteiger partial charge in [-0.15, -0.1) is 0 Å². The average Bonchev–Trinajstić information content (AvgIpc) is 2.09. The second-order valence-electron chi connectivity index (χ2n) is 3.45. The van der Waals surface area contributed by atoms with Crippen LogP contribution in [0.1, 0.15) is 20.3 Å². The molecule has 1 unspecified atom stereocenters. The van der Waals surface area contributed by atoms with Crippen LogP contribution in [0.4, 0.5) is 0 Å². The van der Waals surface area contributed by atoms with E-state index in [4.69, 9.17) is 4.74 Å². The van der Waals surface area contributed by atoms with Gasteiger partial charge in [0, 0.05) is 12.6 Å². The molecule has 1 N–H and O–H groups in total. The fourth-order valence-electron chi connectivity index (χ4n) is 1.36. The SMILES string of the molecule is CCOC(=O)CN1CCC(C)NS1(=O)=O. The summed E-state index contributed by atoms with van der Waals surface area (Å²) in [5.41, 5.74) is 0. The molecule has 0 aromatic carbocycles. The van der Waals surface area contributed by atoms with Crippen LogP contribution in [0.15, 0.2) is 0 Å². The van der Waals surface area contributed by atoms with E-state index in [-0.39, 0.29) is 19.2 Å². The molecule has 1 atom stereocenters. The molecule has 15 heavy (non-hydrogen) atoms. The topological polar surface area (TPSA) is 75.7 Å². The summed E-state index contributed by atoms with van der Waals surface area (Å²) in [6.45, 7) is 3.88. The fourth-order valence-corrected chi connectivity index (χ4v) is 2.76. The van der Waals surface area contributed by atoms with Gasteiger partial charge in [0.15, 0.2) is 0 Å². The van der Waals surface area contributed by atoms with Crippen molar-refractivity contribution in [1.82, 2.24) is 9.03 Å². The molecule has 1 rings (SSSR count). The Balaban J connectivity index is 2.59. The van der Waals surface area contributed by atoms with Crippen LogP contribution in [0, 0.1) is 0 Å². The lowest BCUT2D eigenvalue weighted by molar-refractivity contribution is -0.143. The zero-order valence-corrected chi connectivity index (χ0v) is 9.71. The first-order chi connectivity index (χ1) is 6.95. The molecular weight excluding hydrogens is 220 g/mol. The van der Waals surface area contributed by atoms with Crippen molar-refractivity contribution in [3.63, 3.8) is 0 Å². The number of nitrogens with zero attached hydrogens (tertiary/aromatic N) is 1. The lowest BCUT2D eigenvalue weighted by atomic mass is 10.2. The summed E-state index contributed by atoms with van der Waals surface area (Å²) in [5.74, 6) is -0.516. The number of rotatable bonds is 3. The largest absolute Gasteiger partial charge is 0.465 e. The summed E-state index contributed by atoms with van der Waals surface area (Å²) in [6, 6.07) is -0.0755. The van der Waals surface area contributed by atoms with Crippen molar-refractivity contribution in [3.8, 4) is 0 Å². The predicted molar refractivity (Wildman–Crippen MR) is 54.3 cm³/mol. The Labute approximate surface area is 89.8 Å². The van der Waals surface area contributed by atoms with Crippen LogP contribution in [-0.2, 0) is 19.7 Å². The fraction of sp³-hybridized carbons (Fsp3) is 0.875. The van der Waals surface area contributed by atoms with Crippen molar-refractivity contribution >= 4 is 16.2 Å². The molecule has 0 amide bonds. The third kappa shape index (κ3) is 3.44. The van der Waals surface area contributed by atoms with Crippen LogP contribution in [-0.4, -0.2) is 44.4 Å². The monoisotopic (exact) mass is 236 g/mol. The summed E-state index contributed by atoms with van der Waals surface area (Å²) < 4.78 is 31.3. The van der Waals surface area contributed by atoms with Crippen molar-refractivity contribution in [2.24, 2.45) is 0 Å². The van der Waals surface area contributed by atoms with Crippen LogP contribution in [0.2, 0.25) is 0 Å². The maximum atomic E-state index is 11.5. The highest BCUT2D eigenvalue weighted by Gasteiger charge is 2.30. The highest BCUT2D eigenvalue weighted by molar-refractivity contribution is 7.87. The molecule has 0 aliphatic carbocycles. The minimum atomic E-state index is -3.50. The Morgan fingerprint density at radius 1 is 1.60 bits per heavy atom. The van der Waals surface area contributed by atoms with E-state index in [2.05, 4.69) is 4.72 Å². The molecular formula is C8H16N2O4S. The van der Waals surface area contributed by atoms with Crippen LogP contribution in [0.3, 0.4) is 0 Å². The van der Waals surface area contributed by atoms with Crippen molar-refractivity contribution in [2.75, 3.05) is 19.7 Å². The zero-order chi connectivity index (χ0) is 11.5. The number of carbonyl (C=O) groups is 1. The molecule has 1 aliphatic rings. The van der Waals surface area contributed by atoms with Gasteiger partial charge in [0.1, 0.15) is 6.54 Å². The molecule has 0 aromatic rings. The Morgan fingerprint density at radius 3 is 2.80 bits per heavy atom. The maximum Gasteiger partial charge on any atom is 0.321 e. The minimum absolute atomic E-state index is 0.0755. The van der Waals surface area contributed by atoms with Gasteiger partial charge in [0.05, 0.1) is 6.61 Å². The molecule has 0 saturated carbocycles. The molecule has 1 fully saturated rings. The van der Waals surface area contributed by atoms with Gasteiger partial charge in [0.25, 0.3) is 10.2 Å². The standard InChI is InChI=1S/C8H16N2O4S/c1-3-14-8(11)6-10-5-4-7(2)9-15(10,12)13/h7,9H,3-6H2,1-2H3. The molecule has 7 heteroatoms. The molecule has 6 nitrogen and oxygen atoms in total. The van der Waals surface area contributed by atoms with E-state index in [0.717, 1.165) is 4.31 Å². The maximum absolute atomic E-state index is 11.5. The molecule has 1 heterocycles. The van der Waals surface area contributed by atoms with E-state index in [9.17, 15) is 13.2 Å². The minimum Gasteiger partial charge on any atom is -0.465 e. The first-order valence-corrected chi connectivity index (χ1v) is 6.32. The number of hydrogen-bond donors (Lipinski definition) is 1. The lowest BCUT2D eigenvalue weighted by Crippen LogP contribution is -2.52. The molecule has 1 saturated heterocycles. The Bertz CT molecular complexity index is 328. The third-order valence-corrected chi connectivity index (χ3v) is 3.80. The van der Waals surface area contributed by atoms with E-state index in [1.54, 1.807) is 13.8 Å². The van der Waals surface area contributed by atoms with Gasteiger partial charge >= 0.3 is 5.97 Å². The first kappa shape index (κ1) is 12.4. The van der Waals surface area contributed by atoms with Gasteiger partial charge in [-0.3, -0.25) is 4.79 Å². The molecule has 88 valence electrons. The molecule has 0 radical (unpaired) electrons. The van der Waals surface area contributed by atoms with Crippen LogP contribution in [0.25, 0.3) is 0 Å². The van der Waals surface area contributed by atoms with Crippen molar-refractivity contribution in [1.29, 1.82) is 0 Å². The number of esters is 1. The van der Waals surface area contributed by atoms with Crippen molar-refractivity contribution < 1.29 is 17.9 Å². The van der Waals surface area contributed by atoms with Gasteiger partial charge in [-0.05, 0) is 20.3 Å². The van der Waals surface area contributed by atoms with Crippen LogP contribution >= 0.6 is 0 Å². The second-order valence-corrected chi connectivity index (χ2v) is 5.15. The van der Waals surface area contributed by atoms with E-state index in [0.29, 0.717) is 13.0 Å². The van der Waals surface area contributed by atoms with Crippen molar-refractivity contribution in [2.45, 2.75) is 26.3 Å². The lowest BCUT2D eigenvalue weighted by Gasteiger charge is -2.29. The third-order valence-electron chi connectivity index (χ3n) is 2.11. The smallest absolute Gasteiger partial charge is 0.321 e. The molecule has 0 bridgehead atoms. The molecule has 1 aliphatic heterocycles. The van der Waals surface area contributed by atoms with E-state index in [1.165, 1.54) is 0 Å². The second kappa shape index (κ2) is 4.91. The summed E-state index contributed by atoms with van der Waals surface area (Å²) in [5, 5.41) is 0. The van der Waals surface area contributed by atoms with Gasteiger partial charge < -0.3 is 4.74 Å². The summed E-state index contributed by atoms with van der Waals surface area (Å²) in [7, 11) is -3.50. The Kier molecular flexibility index (Phi) is 4.06. The number of nitrogens with one attached hydrogen (secondary N) is 1. The zero-order valence-electron chi connectivity index (χ0n) is 8.89. The Hall–Kier alpha value is -0.660. The Morgan fingerprint density at radius 2 is 2.27 bits per heavy atom. The summed E-state index contributed by atoms with van der Waals surface area (Å²) in [6.07, 6.45) is 0.693. The quantitative estimate of drug-likeness (QED) is 0.669. The van der Waals surface area contributed by atoms with E-state index in [1.807, 2.05) is 0 Å².